The van der Waals surface area contributed by atoms with Crippen LogP contribution in [0.3, 0.4) is 0 Å². The normalized spacial score (nSPS) is 10.9. The van der Waals surface area contributed by atoms with E-state index in [1.165, 1.54) is 32.4 Å². The van der Waals surface area contributed by atoms with Crippen molar-refractivity contribution in [1.29, 1.82) is 0 Å². The molecule has 3 aromatic rings. The summed E-state index contributed by atoms with van der Waals surface area (Å²) in [6.07, 6.45) is 0. The molecule has 0 atom stereocenters. The van der Waals surface area contributed by atoms with Crippen molar-refractivity contribution in [3.63, 3.8) is 0 Å². The van der Waals surface area contributed by atoms with E-state index in [4.69, 9.17) is 21.1 Å². The first kappa shape index (κ1) is 21.5. The molecule has 3 rings (SSSR count). The minimum absolute atomic E-state index is 0.00940. The number of methoxy groups -OCH3 is 2. The fraction of sp³-hybridized carbons (Fsp3) is 0.0952. The van der Waals surface area contributed by atoms with Crippen molar-refractivity contribution in [3.8, 4) is 11.5 Å². The molecule has 3 aromatic carbocycles. The largest absolute Gasteiger partial charge is 0.497 e. The minimum Gasteiger partial charge on any atom is -0.497 e. The molecule has 0 fully saturated rings. The molecule has 0 aliphatic rings. The van der Waals surface area contributed by atoms with E-state index in [1.54, 1.807) is 48.5 Å². The van der Waals surface area contributed by atoms with Crippen molar-refractivity contribution in [1.82, 2.24) is 0 Å². The number of para-hydroxylation sites is 2. The second-order valence-electron chi connectivity index (χ2n) is 6.13. The van der Waals surface area contributed by atoms with Crippen molar-refractivity contribution >= 4 is 38.9 Å². The number of ether oxygens (including phenoxy) is 2. The summed E-state index contributed by atoms with van der Waals surface area (Å²) in [4.78, 5) is 12.4. The van der Waals surface area contributed by atoms with Crippen molar-refractivity contribution in [2.45, 2.75) is 4.90 Å². The summed E-state index contributed by atoms with van der Waals surface area (Å²) in [5.41, 5.74) is 0.914. The second-order valence-corrected chi connectivity index (χ2v) is 8.19. The highest BCUT2D eigenvalue weighted by molar-refractivity contribution is 7.92. The molecule has 0 heterocycles. The number of halogens is 1. The van der Waals surface area contributed by atoms with E-state index in [0.29, 0.717) is 22.9 Å². The van der Waals surface area contributed by atoms with E-state index in [9.17, 15) is 13.2 Å². The summed E-state index contributed by atoms with van der Waals surface area (Å²) in [7, 11) is -1.03. The van der Waals surface area contributed by atoms with Gasteiger partial charge in [0.2, 0.25) is 0 Å². The Bertz CT molecular complexity index is 1160. The highest BCUT2D eigenvalue weighted by Gasteiger charge is 2.21. The van der Waals surface area contributed by atoms with Crippen molar-refractivity contribution < 1.29 is 22.7 Å². The molecule has 0 aliphatic heterocycles. The third-order valence-electron chi connectivity index (χ3n) is 4.18. The molecule has 9 heteroatoms. The summed E-state index contributed by atoms with van der Waals surface area (Å²) >= 11 is 6.12. The predicted octanol–water partition coefficient (Wildman–Crippen LogP) is 4.41. The fourth-order valence-electron chi connectivity index (χ4n) is 2.66. The summed E-state index contributed by atoms with van der Waals surface area (Å²) in [6.45, 7) is 0. The van der Waals surface area contributed by atoms with E-state index in [-0.39, 0.29) is 15.5 Å². The van der Waals surface area contributed by atoms with Gasteiger partial charge in [0.05, 0.1) is 24.9 Å². The molecular formula is C21H19ClN2O5S. The van der Waals surface area contributed by atoms with Crippen molar-refractivity contribution in [3.05, 3.63) is 77.3 Å². The molecular weight excluding hydrogens is 428 g/mol. The van der Waals surface area contributed by atoms with Crippen LogP contribution in [0.4, 0.5) is 11.4 Å². The van der Waals surface area contributed by atoms with Crippen LogP contribution in [0, 0.1) is 0 Å². The van der Waals surface area contributed by atoms with Crippen LogP contribution >= 0.6 is 11.6 Å². The van der Waals surface area contributed by atoms with Gasteiger partial charge in [0.1, 0.15) is 16.4 Å². The topological polar surface area (TPSA) is 93.7 Å². The lowest BCUT2D eigenvalue weighted by molar-refractivity contribution is 0.102. The van der Waals surface area contributed by atoms with E-state index < -0.39 is 15.9 Å². The van der Waals surface area contributed by atoms with Gasteiger partial charge in [0, 0.05) is 11.3 Å². The zero-order valence-corrected chi connectivity index (χ0v) is 17.8. The maximum absolute atomic E-state index is 12.8. The number of benzene rings is 3. The molecule has 0 radical (unpaired) electrons. The summed E-state index contributed by atoms with van der Waals surface area (Å²) < 4.78 is 38.4. The van der Waals surface area contributed by atoms with Crippen LogP contribution in [0.1, 0.15) is 10.4 Å². The maximum atomic E-state index is 12.8. The third kappa shape index (κ3) is 4.84. The van der Waals surface area contributed by atoms with Gasteiger partial charge in [-0.2, -0.15) is 0 Å². The smallest absolute Gasteiger partial charge is 0.263 e. The number of amides is 1. The molecule has 0 bridgehead atoms. The van der Waals surface area contributed by atoms with E-state index in [0.717, 1.165) is 0 Å². The lowest BCUT2D eigenvalue weighted by atomic mass is 10.2. The number of sulfonamides is 1. The van der Waals surface area contributed by atoms with Crippen LogP contribution in [0.5, 0.6) is 11.5 Å². The number of nitrogens with one attached hydrogen (secondary N) is 2. The van der Waals surface area contributed by atoms with Crippen LogP contribution < -0.4 is 19.5 Å². The van der Waals surface area contributed by atoms with Gasteiger partial charge in [0.15, 0.2) is 0 Å². The Morgan fingerprint density at radius 1 is 0.933 bits per heavy atom. The van der Waals surface area contributed by atoms with Gasteiger partial charge in [-0.05, 0) is 54.6 Å². The lowest BCUT2D eigenvalue weighted by Gasteiger charge is -2.13. The minimum atomic E-state index is -4.03. The highest BCUT2D eigenvalue weighted by Crippen LogP contribution is 2.28. The van der Waals surface area contributed by atoms with Gasteiger partial charge in [-0.1, -0.05) is 23.7 Å². The van der Waals surface area contributed by atoms with Gasteiger partial charge in [0.25, 0.3) is 15.9 Å². The van der Waals surface area contributed by atoms with E-state index in [2.05, 4.69) is 10.0 Å². The predicted molar refractivity (Wildman–Crippen MR) is 116 cm³/mol. The Morgan fingerprint density at radius 3 is 2.30 bits per heavy atom. The zero-order chi connectivity index (χ0) is 21.7. The van der Waals surface area contributed by atoms with Crippen LogP contribution in [-0.4, -0.2) is 28.5 Å². The standard InChI is InChI=1S/C21H19ClN2O5S/c1-28-16-10-8-15(9-11-16)24-30(26,27)20-13-14(7-12-17(20)22)21(25)23-18-5-3-4-6-19(18)29-2/h3-13,24H,1-2H3,(H,23,25). The Labute approximate surface area is 179 Å². The maximum Gasteiger partial charge on any atom is 0.263 e. The zero-order valence-electron chi connectivity index (χ0n) is 16.2. The number of rotatable bonds is 7. The molecule has 156 valence electrons. The first-order valence-corrected chi connectivity index (χ1v) is 10.6. The molecule has 0 saturated carbocycles. The van der Waals surface area contributed by atoms with Gasteiger partial charge < -0.3 is 14.8 Å². The first-order chi connectivity index (χ1) is 14.3. The molecule has 0 unspecified atom stereocenters. The SMILES string of the molecule is COc1ccc(NS(=O)(=O)c2cc(C(=O)Nc3ccccc3OC)ccc2Cl)cc1. The molecule has 0 spiro atoms. The first-order valence-electron chi connectivity index (χ1n) is 8.75. The Balaban J connectivity index is 1.87. The van der Waals surface area contributed by atoms with E-state index >= 15 is 0 Å². The Kier molecular flexibility index (Phi) is 6.49. The summed E-state index contributed by atoms with van der Waals surface area (Å²) in [6, 6.07) is 17.3. The number of carbonyl (C=O) groups is 1. The van der Waals surface area contributed by atoms with E-state index in [1.807, 2.05) is 0 Å². The molecule has 7 nitrogen and oxygen atoms in total. The molecule has 1 amide bonds. The Hall–Kier alpha value is -3.23. The number of hydrogen-bond acceptors (Lipinski definition) is 5. The molecule has 0 aromatic heterocycles. The van der Waals surface area contributed by atoms with Crippen LogP contribution in [-0.2, 0) is 10.0 Å². The van der Waals surface area contributed by atoms with Gasteiger partial charge >= 0.3 is 0 Å². The lowest BCUT2D eigenvalue weighted by Crippen LogP contribution is -2.16. The average Bonchev–Trinajstić information content (AvgIpc) is 2.74. The summed E-state index contributed by atoms with van der Waals surface area (Å²) in [5, 5.41) is 2.69. The number of anilines is 2. The molecule has 30 heavy (non-hydrogen) atoms. The highest BCUT2D eigenvalue weighted by atomic mass is 35.5. The van der Waals surface area contributed by atoms with Crippen molar-refractivity contribution in [2.24, 2.45) is 0 Å². The second kappa shape index (κ2) is 9.06. The van der Waals surface area contributed by atoms with Crippen LogP contribution in [0.15, 0.2) is 71.6 Å². The summed E-state index contributed by atoms with van der Waals surface area (Å²) in [5.74, 6) is 0.567. The quantitative estimate of drug-likeness (QED) is 0.560. The van der Waals surface area contributed by atoms with Gasteiger partial charge in [-0.25, -0.2) is 8.42 Å². The number of carbonyl (C=O) groups excluding carboxylic acids is 1. The molecule has 2 N–H and O–H groups in total. The monoisotopic (exact) mass is 446 g/mol. The molecule has 0 aliphatic carbocycles. The third-order valence-corrected chi connectivity index (χ3v) is 6.04. The van der Waals surface area contributed by atoms with Gasteiger partial charge in [-0.15, -0.1) is 0 Å². The van der Waals surface area contributed by atoms with Crippen molar-refractivity contribution in [2.75, 3.05) is 24.3 Å². The van der Waals surface area contributed by atoms with Crippen LogP contribution in [0.25, 0.3) is 0 Å². The van der Waals surface area contributed by atoms with Gasteiger partial charge in [-0.3, -0.25) is 9.52 Å². The Morgan fingerprint density at radius 2 is 1.63 bits per heavy atom. The fourth-order valence-corrected chi connectivity index (χ4v) is 4.25. The van der Waals surface area contributed by atoms with Crippen LogP contribution in [0.2, 0.25) is 5.02 Å². The number of hydrogen-bond donors (Lipinski definition) is 2. The molecule has 0 saturated heterocycles. The average molecular weight is 447 g/mol.